The smallest absolute Gasteiger partial charge is 0.251 e. The van der Waals surface area contributed by atoms with Crippen molar-refractivity contribution in [3.63, 3.8) is 0 Å². The minimum atomic E-state index is -0.215. The van der Waals surface area contributed by atoms with Crippen LogP contribution in [0.2, 0.25) is 0 Å². The highest BCUT2D eigenvalue weighted by Crippen LogP contribution is 2.40. The van der Waals surface area contributed by atoms with Gasteiger partial charge in [0, 0.05) is 43.7 Å². The van der Waals surface area contributed by atoms with Gasteiger partial charge in [-0.1, -0.05) is 39.0 Å². The van der Waals surface area contributed by atoms with Gasteiger partial charge in [0.25, 0.3) is 5.91 Å². The highest BCUT2D eigenvalue weighted by molar-refractivity contribution is 5.94. The van der Waals surface area contributed by atoms with Crippen LogP contribution in [0.1, 0.15) is 61.5 Å². The van der Waals surface area contributed by atoms with E-state index in [-0.39, 0.29) is 42.4 Å². The SMILES string of the molecule is CC(C)(C)c1ccc(C(=O)NCCC(=O)NCC2(c3ccc4c(c3)OCO4)CCOCC2)cc1. The van der Waals surface area contributed by atoms with Gasteiger partial charge >= 0.3 is 0 Å². The molecule has 2 heterocycles. The number of hydrogen-bond donors (Lipinski definition) is 2. The summed E-state index contributed by atoms with van der Waals surface area (Å²) in [6.07, 6.45) is 1.85. The number of ether oxygens (including phenoxy) is 3. The van der Waals surface area contributed by atoms with E-state index in [0.717, 1.165) is 29.9 Å². The van der Waals surface area contributed by atoms with Crippen LogP contribution in [-0.4, -0.2) is 44.9 Å². The average Bonchev–Trinajstić information content (AvgIpc) is 3.31. The lowest BCUT2D eigenvalue weighted by Gasteiger charge is -2.38. The third kappa shape index (κ3) is 5.53. The van der Waals surface area contributed by atoms with Crippen molar-refractivity contribution in [3.8, 4) is 11.5 Å². The Bertz CT molecular complexity index is 1020. The molecule has 0 spiro atoms. The van der Waals surface area contributed by atoms with Crippen molar-refractivity contribution >= 4 is 11.8 Å². The zero-order valence-electron chi connectivity index (χ0n) is 20.2. The Morgan fingerprint density at radius 3 is 2.35 bits per heavy atom. The van der Waals surface area contributed by atoms with Crippen molar-refractivity contribution in [1.82, 2.24) is 10.6 Å². The zero-order chi connectivity index (χ0) is 24.2. The Morgan fingerprint density at radius 1 is 0.941 bits per heavy atom. The lowest BCUT2D eigenvalue weighted by molar-refractivity contribution is -0.121. The second-order valence-electron chi connectivity index (χ2n) is 10.1. The maximum Gasteiger partial charge on any atom is 0.251 e. The van der Waals surface area contributed by atoms with Gasteiger partial charge in [-0.15, -0.1) is 0 Å². The number of rotatable bonds is 7. The van der Waals surface area contributed by atoms with E-state index < -0.39 is 0 Å². The number of carbonyl (C=O) groups is 2. The monoisotopic (exact) mass is 466 g/mol. The van der Waals surface area contributed by atoms with Crippen molar-refractivity contribution in [1.29, 1.82) is 0 Å². The number of benzene rings is 2. The number of hydrogen-bond acceptors (Lipinski definition) is 5. The topological polar surface area (TPSA) is 85.9 Å². The fraction of sp³-hybridized carbons (Fsp3) is 0.481. The van der Waals surface area contributed by atoms with Crippen LogP contribution in [0, 0.1) is 0 Å². The van der Waals surface area contributed by atoms with Crippen LogP contribution in [0.15, 0.2) is 42.5 Å². The summed E-state index contributed by atoms with van der Waals surface area (Å²) in [4.78, 5) is 25.0. The molecule has 2 aliphatic heterocycles. The van der Waals surface area contributed by atoms with E-state index >= 15 is 0 Å². The molecule has 2 aromatic rings. The molecular weight excluding hydrogens is 432 g/mol. The van der Waals surface area contributed by atoms with Gasteiger partial charge < -0.3 is 24.8 Å². The Balaban J connectivity index is 1.29. The van der Waals surface area contributed by atoms with Crippen LogP contribution in [-0.2, 0) is 20.4 Å². The van der Waals surface area contributed by atoms with E-state index in [4.69, 9.17) is 14.2 Å². The molecule has 0 unspecified atom stereocenters. The number of carbonyl (C=O) groups excluding carboxylic acids is 2. The molecule has 7 heteroatoms. The number of amides is 2. The van der Waals surface area contributed by atoms with E-state index in [2.05, 4.69) is 37.5 Å². The maximum atomic E-state index is 12.6. The Labute approximate surface area is 201 Å². The van der Waals surface area contributed by atoms with Crippen LogP contribution in [0.5, 0.6) is 11.5 Å². The van der Waals surface area contributed by atoms with Gasteiger partial charge in [0.05, 0.1) is 0 Å². The standard InChI is InChI=1S/C27H34N2O5/c1-26(2,3)20-6-4-19(5-7-20)25(31)28-13-10-24(30)29-17-27(11-14-32-15-12-27)21-8-9-22-23(16-21)34-18-33-22/h4-9,16H,10-15,17-18H2,1-3H3,(H,28,31)(H,29,30). The van der Waals surface area contributed by atoms with E-state index in [1.54, 1.807) is 0 Å². The molecule has 2 N–H and O–H groups in total. The fourth-order valence-corrected chi connectivity index (χ4v) is 4.43. The molecule has 1 fully saturated rings. The van der Waals surface area contributed by atoms with Crippen LogP contribution in [0.25, 0.3) is 0 Å². The first kappa shape index (κ1) is 24.1. The molecule has 1 saturated heterocycles. The van der Waals surface area contributed by atoms with Crippen LogP contribution in [0.4, 0.5) is 0 Å². The Morgan fingerprint density at radius 2 is 1.65 bits per heavy atom. The molecule has 2 amide bonds. The summed E-state index contributed by atoms with van der Waals surface area (Å²) in [5.41, 5.74) is 2.71. The van der Waals surface area contributed by atoms with Crippen LogP contribution in [0.3, 0.4) is 0 Å². The summed E-state index contributed by atoms with van der Waals surface area (Å²) >= 11 is 0. The van der Waals surface area contributed by atoms with Crippen LogP contribution < -0.4 is 20.1 Å². The second kappa shape index (κ2) is 10.1. The lowest BCUT2D eigenvalue weighted by atomic mass is 9.74. The third-order valence-electron chi connectivity index (χ3n) is 6.71. The first-order valence-electron chi connectivity index (χ1n) is 11.9. The van der Waals surface area contributed by atoms with Crippen molar-refractivity contribution in [3.05, 3.63) is 59.2 Å². The summed E-state index contributed by atoms with van der Waals surface area (Å²) in [7, 11) is 0. The summed E-state index contributed by atoms with van der Waals surface area (Å²) < 4.78 is 16.6. The first-order valence-corrected chi connectivity index (χ1v) is 11.9. The number of fused-ring (bicyclic) bond motifs is 1. The van der Waals surface area contributed by atoms with Crippen molar-refractivity contribution in [2.24, 2.45) is 0 Å². The lowest BCUT2D eigenvalue weighted by Crippen LogP contribution is -2.45. The molecule has 0 atom stereocenters. The van der Waals surface area contributed by atoms with Gasteiger partial charge in [0.2, 0.25) is 12.7 Å². The summed E-state index contributed by atoms with van der Waals surface area (Å²) in [5.74, 6) is 1.23. The first-order chi connectivity index (χ1) is 16.3. The van der Waals surface area contributed by atoms with Crippen molar-refractivity contribution in [2.75, 3.05) is 33.1 Å². The van der Waals surface area contributed by atoms with Crippen molar-refractivity contribution < 1.29 is 23.8 Å². The van der Waals surface area contributed by atoms with Crippen molar-refractivity contribution in [2.45, 2.75) is 50.9 Å². The molecule has 34 heavy (non-hydrogen) atoms. The normalized spacial score (nSPS) is 16.7. The summed E-state index contributed by atoms with van der Waals surface area (Å²) in [5, 5.41) is 5.92. The predicted molar refractivity (Wildman–Crippen MR) is 129 cm³/mol. The van der Waals surface area contributed by atoms with Crippen LogP contribution >= 0.6 is 0 Å². The molecule has 182 valence electrons. The second-order valence-corrected chi connectivity index (χ2v) is 10.1. The highest BCUT2D eigenvalue weighted by atomic mass is 16.7. The quantitative estimate of drug-likeness (QED) is 0.650. The summed E-state index contributed by atoms with van der Waals surface area (Å²) in [6, 6.07) is 13.6. The van der Waals surface area contributed by atoms with E-state index in [1.807, 2.05) is 36.4 Å². The molecule has 2 aromatic carbocycles. The van der Waals surface area contributed by atoms with Gasteiger partial charge in [-0.25, -0.2) is 0 Å². The molecule has 0 aromatic heterocycles. The Kier molecular flexibility index (Phi) is 7.12. The van der Waals surface area contributed by atoms with E-state index in [0.29, 0.717) is 25.3 Å². The average molecular weight is 467 g/mol. The van der Waals surface area contributed by atoms with Gasteiger partial charge in [0.15, 0.2) is 11.5 Å². The molecule has 4 rings (SSSR count). The predicted octanol–water partition coefficient (Wildman–Crippen LogP) is 3.70. The summed E-state index contributed by atoms with van der Waals surface area (Å²) in [6.45, 7) is 8.73. The van der Waals surface area contributed by atoms with Gasteiger partial charge in [-0.3, -0.25) is 9.59 Å². The molecule has 0 bridgehead atoms. The molecule has 2 aliphatic rings. The molecular formula is C27H34N2O5. The van der Waals surface area contributed by atoms with Gasteiger partial charge in [-0.05, 0) is 53.6 Å². The maximum absolute atomic E-state index is 12.6. The van der Waals surface area contributed by atoms with Gasteiger partial charge in [-0.2, -0.15) is 0 Å². The third-order valence-corrected chi connectivity index (χ3v) is 6.71. The highest BCUT2D eigenvalue weighted by Gasteiger charge is 2.36. The zero-order valence-corrected chi connectivity index (χ0v) is 20.2. The largest absolute Gasteiger partial charge is 0.454 e. The molecule has 0 aliphatic carbocycles. The Hall–Kier alpha value is -3.06. The molecule has 0 saturated carbocycles. The fourth-order valence-electron chi connectivity index (χ4n) is 4.43. The van der Waals surface area contributed by atoms with E-state index in [9.17, 15) is 9.59 Å². The number of nitrogens with one attached hydrogen (secondary N) is 2. The molecule has 0 radical (unpaired) electrons. The minimum absolute atomic E-state index is 0.0372. The molecule has 7 nitrogen and oxygen atoms in total. The minimum Gasteiger partial charge on any atom is -0.454 e. The van der Waals surface area contributed by atoms with Gasteiger partial charge in [0.1, 0.15) is 0 Å². The van der Waals surface area contributed by atoms with E-state index in [1.165, 1.54) is 5.56 Å².